The molecule has 2 aromatic carbocycles. The molecule has 1 saturated heterocycles. The molecular weight excluding hydrogens is 456 g/mol. The number of pyridine rings is 1. The fourth-order valence-electron chi connectivity index (χ4n) is 4.09. The van der Waals surface area contributed by atoms with Crippen molar-refractivity contribution < 1.29 is 22.7 Å². The molecule has 0 radical (unpaired) electrons. The minimum absolute atomic E-state index is 0.0379. The van der Waals surface area contributed by atoms with E-state index in [1.165, 1.54) is 28.6 Å². The van der Waals surface area contributed by atoms with Gasteiger partial charge in [0.15, 0.2) is 0 Å². The molecule has 180 valence electrons. The summed E-state index contributed by atoms with van der Waals surface area (Å²) in [4.78, 5) is 27.8. The topological polar surface area (TPSA) is 106 Å². The predicted octanol–water partition coefficient (Wildman–Crippen LogP) is 3.38. The van der Waals surface area contributed by atoms with E-state index < -0.39 is 16.0 Å². The molecule has 1 aliphatic rings. The van der Waals surface area contributed by atoms with Crippen LogP contribution in [0, 0.1) is 6.92 Å². The van der Waals surface area contributed by atoms with Crippen LogP contribution in [0.4, 0.5) is 0 Å². The molecule has 1 unspecified atom stereocenters. The second-order valence-corrected chi connectivity index (χ2v) is 10.3. The number of benzene rings is 2. The van der Waals surface area contributed by atoms with Gasteiger partial charge in [0, 0.05) is 30.8 Å². The highest BCUT2D eigenvalue weighted by Gasteiger charge is 2.30. The van der Waals surface area contributed by atoms with Gasteiger partial charge in [0.1, 0.15) is 0 Å². The molecule has 0 spiro atoms. The summed E-state index contributed by atoms with van der Waals surface area (Å²) in [5.41, 5.74) is 1.87. The van der Waals surface area contributed by atoms with Gasteiger partial charge in [-0.1, -0.05) is 17.7 Å². The highest BCUT2D eigenvalue weighted by molar-refractivity contribution is 7.89. The van der Waals surface area contributed by atoms with E-state index in [1.807, 2.05) is 25.1 Å². The van der Waals surface area contributed by atoms with Crippen molar-refractivity contribution in [3.05, 3.63) is 75.6 Å². The number of aromatic nitrogens is 1. The second kappa shape index (κ2) is 10.1. The Kier molecular flexibility index (Phi) is 7.16. The lowest BCUT2D eigenvalue weighted by molar-refractivity contribution is 0.0526. The zero-order chi connectivity index (χ0) is 24.3. The predicted molar refractivity (Wildman–Crippen MR) is 128 cm³/mol. The van der Waals surface area contributed by atoms with Crippen molar-refractivity contribution in [3.63, 3.8) is 0 Å². The smallest absolute Gasteiger partial charge is 0.338 e. The molecule has 0 amide bonds. The number of esters is 1. The van der Waals surface area contributed by atoms with Crippen LogP contribution in [0.2, 0.25) is 0 Å². The molecule has 4 rings (SSSR count). The van der Waals surface area contributed by atoms with E-state index in [0.717, 1.165) is 23.8 Å². The lowest BCUT2D eigenvalue weighted by atomic mass is 10.1. The summed E-state index contributed by atoms with van der Waals surface area (Å²) in [6, 6.07) is 13.2. The number of carbonyl (C=O) groups is 1. The molecule has 0 bridgehead atoms. The standard InChI is InChI=1S/C25H28N2O6S/c1-3-32-25(29)18-6-4-8-22(14-18)34(30,31)27(16-21-7-5-11-33-21)15-20-13-19-12-17(2)9-10-23(19)26-24(20)28/h4,6,8-10,12-14,21H,3,5,7,11,15-16H2,1-2H3,(H,26,28). The summed E-state index contributed by atoms with van der Waals surface area (Å²) in [5.74, 6) is -0.591. The van der Waals surface area contributed by atoms with Gasteiger partial charge < -0.3 is 14.5 Å². The summed E-state index contributed by atoms with van der Waals surface area (Å²) in [6.07, 6.45) is 1.33. The highest BCUT2D eigenvalue weighted by atomic mass is 32.2. The number of ether oxygens (including phenoxy) is 2. The number of sulfonamides is 1. The normalized spacial score (nSPS) is 16.3. The number of aromatic amines is 1. The van der Waals surface area contributed by atoms with Crippen molar-refractivity contribution in [2.75, 3.05) is 19.8 Å². The number of rotatable bonds is 8. The minimum atomic E-state index is -4.04. The average molecular weight is 485 g/mol. The van der Waals surface area contributed by atoms with Gasteiger partial charge in [-0.05, 0) is 68.5 Å². The van der Waals surface area contributed by atoms with Gasteiger partial charge >= 0.3 is 5.97 Å². The first-order valence-electron chi connectivity index (χ1n) is 11.3. The fraction of sp³-hybridized carbons (Fsp3) is 0.360. The molecule has 0 aliphatic carbocycles. The lowest BCUT2D eigenvalue weighted by Crippen LogP contribution is -2.38. The molecule has 8 nitrogen and oxygen atoms in total. The number of hydrogen-bond acceptors (Lipinski definition) is 6. The van der Waals surface area contributed by atoms with Crippen LogP contribution in [-0.4, -0.2) is 49.5 Å². The van der Waals surface area contributed by atoms with Gasteiger partial charge in [0.25, 0.3) is 5.56 Å². The lowest BCUT2D eigenvalue weighted by Gasteiger charge is -2.25. The summed E-state index contributed by atoms with van der Waals surface area (Å²) in [7, 11) is -4.04. The Balaban J connectivity index is 1.72. The summed E-state index contributed by atoms with van der Waals surface area (Å²) >= 11 is 0. The fourth-order valence-corrected chi connectivity index (χ4v) is 5.58. The maximum atomic E-state index is 13.7. The van der Waals surface area contributed by atoms with Crippen molar-refractivity contribution in [2.24, 2.45) is 0 Å². The number of nitrogens with zero attached hydrogens (tertiary/aromatic N) is 1. The quantitative estimate of drug-likeness (QED) is 0.492. The van der Waals surface area contributed by atoms with Crippen molar-refractivity contribution in [2.45, 2.75) is 44.2 Å². The minimum Gasteiger partial charge on any atom is -0.462 e. The van der Waals surface area contributed by atoms with Crippen LogP contribution in [0.3, 0.4) is 0 Å². The zero-order valence-electron chi connectivity index (χ0n) is 19.2. The second-order valence-electron chi connectivity index (χ2n) is 8.40. The Morgan fingerprint density at radius 1 is 1.21 bits per heavy atom. The maximum absolute atomic E-state index is 13.7. The zero-order valence-corrected chi connectivity index (χ0v) is 20.1. The molecule has 34 heavy (non-hydrogen) atoms. The van der Waals surface area contributed by atoms with E-state index in [9.17, 15) is 18.0 Å². The Hall–Kier alpha value is -3.01. The Labute approximate surface area is 198 Å². The average Bonchev–Trinajstić information content (AvgIpc) is 3.33. The van der Waals surface area contributed by atoms with E-state index in [0.29, 0.717) is 17.7 Å². The first kappa shape index (κ1) is 24.1. The first-order chi connectivity index (χ1) is 16.3. The van der Waals surface area contributed by atoms with Crippen LogP contribution in [0.1, 0.15) is 41.3 Å². The summed E-state index contributed by atoms with van der Waals surface area (Å²) in [5, 5.41) is 0.827. The molecule has 2 heterocycles. The Morgan fingerprint density at radius 3 is 2.76 bits per heavy atom. The van der Waals surface area contributed by atoms with Crippen molar-refractivity contribution in [1.82, 2.24) is 9.29 Å². The third kappa shape index (κ3) is 5.22. The van der Waals surface area contributed by atoms with Crippen molar-refractivity contribution in [3.8, 4) is 0 Å². The Morgan fingerprint density at radius 2 is 2.03 bits per heavy atom. The van der Waals surface area contributed by atoms with Crippen LogP contribution in [0.25, 0.3) is 10.9 Å². The van der Waals surface area contributed by atoms with Gasteiger partial charge in [-0.2, -0.15) is 4.31 Å². The van der Waals surface area contributed by atoms with Crippen LogP contribution in [0.5, 0.6) is 0 Å². The number of fused-ring (bicyclic) bond motifs is 1. The third-order valence-electron chi connectivity index (χ3n) is 5.84. The highest BCUT2D eigenvalue weighted by Crippen LogP contribution is 2.24. The number of H-pyrrole nitrogens is 1. The Bertz CT molecular complexity index is 1360. The van der Waals surface area contributed by atoms with Gasteiger partial charge in [-0.25, -0.2) is 13.2 Å². The largest absolute Gasteiger partial charge is 0.462 e. The molecule has 1 fully saturated rings. The van der Waals surface area contributed by atoms with Gasteiger partial charge in [-0.3, -0.25) is 4.79 Å². The third-order valence-corrected chi connectivity index (χ3v) is 7.65. The summed E-state index contributed by atoms with van der Waals surface area (Å²) in [6.45, 7) is 4.39. The molecule has 3 aromatic rings. The molecule has 1 atom stereocenters. The van der Waals surface area contributed by atoms with Crippen LogP contribution in [0.15, 0.2) is 58.2 Å². The molecule has 9 heteroatoms. The van der Waals surface area contributed by atoms with E-state index in [1.54, 1.807) is 13.0 Å². The number of carbonyl (C=O) groups excluding carboxylic acids is 1. The molecule has 1 aromatic heterocycles. The number of hydrogen-bond donors (Lipinski definition) is 1. The first-order valence-corrected chi connectivity index (χ1v) is 12.7. The van der Waals surface area contributed by atoms with Gasteiger partial charge in [0.2, 0.25) is 10.0 Å². The molecule has 1 aliphatic heterocycles. The molecule has 1 N–H and O–H groups in total. The monoisotopic (exact) mass is 484 g/mol. The van der Waals surface area contributed by atoms with Crippen molar-refractivity contribution in [1.29, 1.82) is 0 Å². The number of aryl methyl sites for hydroxylation is 1. The molecular formula is C25H28N2O6S. The van der Waals surface area contributed by atoms with Crippen molar-refractivity contribution >= 4 is 26.9 Å². The molecule has 0 saturated carbocycles. The number of nitrogens with one attached hydrogen (secondary N) is 1. The van der Waals surface area contributed by atoms with Crippen LogP contribution in [-0.2, 0) is 26.0 Å². The van der Waals surface area contributed by atoms with Crippen LogP contribution < -0.4 is 5.56 Å². The van der Waals surface area contributed by atoms with Gasteiger partial charge in [0.05, 0.1) is 23.2 Å². The van der Waals surface area contributed by atoms with E-state index >= 15 is 0 Å². The SMILES string of the molecule is CCOC(=O)c1cccc(S(=O)(=O)N(Cc2cc3cc(C)ccc3[nH]c2=O)CC2CCCO2)c1. The van der Waals surface area contributed by atoms with Gasteiger partial charge in [-0.15, -0.1) is 0 Å². The van der Waals surface area contributed by atoms with E-state index in [4.69, 9.17) is 9.47 Å². The van der Waals surface area contributed by atoms with E-state index in [-0.39, 0.29) is 41.8 Å². The maximum Gasteiger partial charge on any atom is 0.338 e. The van der Waals surface area contributed by atoms with E-state index in [2.05, 4.69) is 4.98 Å². The summed E-state index contributed by atoms with van der Waals surface area (Å²) < 4.78 is 39.4. The van der Waals surface area contributed by atoms with Crippen LogP contribution >= 0.6 is 0 Å².